The topological polar surface area (TPSA) is 15.3 Å². The first-order valence-corrected chi connectivity index (χ1v) is 8.20. The van der Waals surface area contributed by atoms with Crippen LogP contribution < -0.4 is 5.32 Å². The molecule has 2 heteroatoms. The molecule has 3 rings (SSSR count). The predicted octanol–water partition coefficient (Wildman–Crippen LogP) is 3.88. The Morgan fingerprint density at radius 2 is 2.20 bits per heavy atom. The average molecular weight is 272 g/mol. The summed E-state index contributed by atoms with van der Waals surface area (Å²) in [6, 6.07) is 7.86. The van der Waals surface area contributed by atoms with Crippen LogP contribution in [0.1, 0.15) is 50.2 Å². The van der Waals surface area contributed by atoms with Crippen LogP contribution in [-0.4, -0.2) is 31.1 Å². The molecular formula is C18H28N2. The molecule has 2 aliphatic rings. The fourth-order valence-electron chi connectivity index (χ4n) is 3.87. The molecule has 1 N–H and O–H groups in total. The van der Waals surface area contributed by atoms with Crippen LogP contribution in [0.3, 0.4) is 0 Å². The van der Waals surface area contributed by atoms with Gasteiger partial charge in [-0.05, 0) is 62.4 Å². The van der Waals surface area contributed by atoms with Crippen molar-refractivity contribution in [1.29, 1.82) is 0 Å². The lowest BCUT2D eigenvalue weighted by Gasteiger charge is -2.23. The van der Waals surface area contributed by atoms with Crippen LogP contribution in [0.2, 0.25) is 0 Å². The molecule has 2 aliphatic heterocycles. The molecule has 110 valence electrons. The Balaban J connectivity index is 1.74. The van der Waals surface area contributed by atoms with Gasteiger partial charge in [-0.15, -0.1) is 0 Å². The van der Waals surface area contributed by atoms with Crippen molar-refractivity contribution in [3.8, 4) is 0 Å². The Labute approximate surface area is 123 Å². The molecule has 1 aromatic rings. The SMILES string of the molecule is CC(C)Cc1ccc2c(c1)C(CC1CCCN1C)CN2. The summed E-state index contributed by atoms with van der Waals surface area (Å²) in [4.78, 5) is 2.55. The Morgan fingerprint density at radius 1 is 1.35 bits per heavy atom. The van der Waals surface area contributed by atoms with Gasteiger partial charge in [0.1, 0.15) is 0 Å². The van der Waals surface area contributed by atoms with Crippen LogP contribution >= 0.6 is 0 Å². The Morgan fingerprint density at radius 3 is 2.90 bits per heavy atom. The van der Waals surface area contributed by atoms with Crippen LogP contribution in [0.4, 0.5) is 5.69 Å². The highest BCUT2D eigenvalue weighted by atomic mass is 15.1. The zero-order chi connectivity index (χ0) is 14.1. The minimum Gasteiger partial charge on any atom is -0.384 e. The minimum absolute atomic E-state index is 0.711. The maximum atomic E-state index is 3.60. The van der Waals surface area contributed by atoms with Gasteiger partial charge < -0.3 is 10.2 Å². The van der Waals surface area contributed by atoms with Gasteiger partial charge in [-0.3, -0.25) is 0 Å². The van der Waals surface area contributed by atoms with E-state index < -0.39 is 0 Å². The first kappa shape index (κ1) is 13.9. The molecule has 1 saturated heterocycles. The number of hydrogen-bond acceptors (Lipinski definition) is 2. The second-order valence-electron chi connectivity index (χ2n) is 7.11. The van der Waals surface area contributed by atoms with E-state index in [0.29, 0.717) is 5.92 Å². The summed E-state index contributed by atoms with van der Waals surface area (Å²) in [5.41, 5.74) is 4.46. The average Bonchev–Trinajstić information content (AvgIpc) is 2.97. The molecule has 0 aromatic heterocycles. The number of anilines is 1. The zero-order valence-electron chi connectivity index (χ0n) is 13.2. The lowest BCUT2D eigenvalue weighted by Crippen LogP contribution is -2.27. The quantitative estimate of drug-likeness (QED) is 0.895. The van der Waals surface area contributed by atoms with Gasteiger partial charge >= 0.3 is 0 Å². The lowest BCUT2D eigenvalue weighted by molar-refractivity contribution is 0.285. The highest BCUT2D eigenvalue weighted by molar-refractivity contribution is 5.59. The van der Waals surface area contributed by atoms with Crippen LogP contribution in [0.25, 0.3) is 0 Å². The maximum absolute atomic E-state index is 3.60. The van der Waals surface area contributed by atoms with Crippen molar-refractivity contribution in [2.75, 3.05) is 25.5 Å². The summed E-state index contributed by atoms with van der Waals surface area (Å²) in [6.45, 7) is 7.02. The molecular weight excluding hydrogens is 244 g/mol. The number of hydrogen-bond donors (Lipinski definition) is 1. The lowest BCUT2D eigenvalue weighted by atomic mass is 9.90. The van der Waals surface area contributed by atoms with Crippen molar-refractivity contribution in [2.24, 2.45) is 5.92 Å². The molecule has 2 nitrogen and oxygen atoms in total. The fraction of sp³-hybridized carbons (Fsp3) is 0.667. The molecule has 1 fully saturated rings. The second-order valence-corrected chi connectivity index (χ2v) is 7.11. The molecule has 0 aliphatic carbocycles. The van der Waals surface area contributed by atoms with Crippen molar-refractivity contribution in [1.82, 2.24) is 4.90 Å². The summed E-state index contributed by atoms with van der Waals surface area (Å²) in [5, 5.41) is 3.60. The van der Waals surface area contributed by atoms with Crippen molar-refractivity contribution >= 4 is 5.69 Å². The van der Waals surface area contributed by atoms with Gasteiger partial charge in [0.15, 0.2) is 0 Å². The monoisotopic (exact) mass is 272 g/mol. The van der Waals surface area contributed by atoms with Gasteiger partial charge in [0, 0.05) is 24.2 Å². The van der Waals surface area contributed by atoms with E-state index in [-0.39, 0.29) is 0 Å². The predicted molar refractivity (Wildman–Crippen MR) is 86.5 cm³/mol. The van der Waals surface area contributed by atoms with E-state index in [4.69, 9.17) is 0 Å². The number of likely N-dealkylation sites (tertiary alicyclic amines) is 1. The summed E-state index contributed by atoms with van der Waals surface area (Å²) in [6.07, 6.45) is 5.28. The largest absolute Gasteiger partial charge is 0.384 e. The van der Waals surface area contributed by atoms with E-state index in [9.17, 15) is 0 Å². The third kappa shape index (κ3) is 2.85. The molecule has 2 unspecified atom stereocenters. The number of nitrogens with zero attached hydrogens (tertiary/aromatic N) is 1. The Hall–Kier alpha value is -1.02. The molecule has 0 radical (unpaired) electrons. The third-order valence-electron chi connectivity index (χ3n) is 4.97. The van der Waals surface area contributed by atoms with Crippen molar-refractivity contribution in [3.05, 3.63) is 29.3 Å². The van der Waals surface area contributed by atoms with E-state index in [1.807, 2.05) is 0 Å². The van der Waals surface area contributed by atoms with Gasteiger partial charge in [0.05, 0.1) is 0 Å². The van der Waals surface area contributed by atoms with Crippen LogP contribution in [0, 0.1) is 5.92 Å². The molecule has 0 saturated carbocycles. The standard InChI is InChI=1S/C18H28N2/c1-13(2)9-14-6-7-18-17(10-14)15(12-19-18)11-16-5-4-8-20(16)3/h6-7,10,13,15-16,19H,4-5,8-9,11-12H2,1-3H3. The van der Waals surface area contributed by atoms with E-state index >= 15 is 0 Å². The maximum Gasteiger partial charge on any atom is 0.0376 e. The number of benzene rings is 1. The molecule has 0 spiro atoms. The fourth-order valence-corrected chi connectivity index (χ4v) is 3.87. The van der Waals surface area contributed by atoms with Gasteiger partial charge in [0.2, 0.25) is 0 Å². The van der Waals surface area contributed by atoms with E-state index in [2.05, 4.69) is 49.3 Å². The summed E-state index contributed by atoms with van der Waals surface area (Å²) < 4.78 is 0. The zero-order valence-corrected chi connectivity index (χ0v) is 13.2. The minimum atomic E-state index is 0.711. The van der Waals surface area contributed by atoms with E-state index in [0.717, 1.165) is 18.5 Å². The highest BCUT2D eigenvalue weighted by Crippen LogP contribution is 2.37. The molecule has 0 bridgehead atoms. The van der Waals surface area contributed by atoms with Crippen molar-refractivity contribution < 1.29 is 0 Å². The smallest absolute Gasteiger partial charge is 0.0376 e. The molecule has 2 atom stereocenters. The van der Waals surface area contributed by atoms with Crippen LogP contribution in [0.5, 0.6) is 0 Å². The summed E-state index contributed by atoms with van der Waals surface area (Å²) in [5.74, 6) is 1.45. The second kappa shape index (κ2) is 5.77. The van der Waals surface area contributed by atoms with Gasteiger partial charge in [0.25, 0.3) is 0 Å². The number of nitrogens with one attached hydrogen (secondary N) is 1. The van der Waals surface area contributed by atoms with Crippen LogP contribution in [0.15, 0.2) is 18.2 Å². The van der Waals surface area contributed by atoms with Gasteiger partial charge in [-0.1, -0.05) is 26.0 Å². The number of fused-ring (bicyclic) bond motifs is 1. The normalized spacial score (nSPS) is 26.0. The van der Waals surface area contributed by atoms with Crippen LogP contribution in [-0.2, 0) is 6.42 Å². The van der Waals surface area contributed by atoms with Crippen molar-refractivity contribution in [2.45, 2.75) is 51.5 Å². The molecule has 1 aromatic carbocycles. The third-order valence-corrected chi connectivity index (χ3v) is 4.97. The summed E-state index contributed by atoms with van der Waals surface area (Å²) in [7, 11) is 2.29. The number of rotatable bonds is 4. The van der Waals surface area contributed by atoms with Gasteiger partial charge in [-0.25, -0.2) is 0 Å². The molecule has 20 heavy (non-hydrogen) atoms. The van der Waals surface area contributed by atoms with E-state index in [1.54, 1.807) is 5.56 Å². The first-order valence-electron chi connectivity index (χ1n) is 8.20. The first-order chi connectivity index (χ1) is 9.63. The molecule has 0 amide bonds. The molecule has 2 heterocycles. The van der Waals surface area contributed by atoms with Crippen molar-refractivity contribution in [3.63, 3.8) is 0 Å². The highest BCUT2D eigenvalue weighted by Gasteiger charge is 2.29. The Bertz CT molecular complexity index is 466. The summed E-state index contributed by atoms with van der Waals surface area (Å²) >= 11 is 0. The Kier molecular flexibility index (Phi) is 4.02. The van der Waals surface area contributed by atoms with Gasteiger partial charge in [-0.2, -0.15) is 0 Å². The van der Waals surface area contributed by atoms with E-state index in [1.165, 1.54) is 43.5 Å².